The number of nitrogens with zero attached hydrogens (tertiary/aromatic N) is 1. The second-order valence-corrected chi connectivity index (χ2v) is 5.71. The molecule has 0 aliphatic carbocycles. The van der Waals surface area contributed by atoms with Crippen molar-refractivity contribution in [2.45, 2.75) is 18.8 Å². The molecule has 1 aromatic rings. The third-order valence-corrected chi connectivity index (χ3v) is 4.01. The Balaban J connectivity index is 0.00000312. The van der Waals surface area contributed by atoms with Crippen LogP contribution in [0.3, 0.4) is 0 Å². The van der Waals surface area contributed by atoms with Crippen LogP contribution >= 0.6 is 24.0 Å². The number of ether oxygens (including phenoxy) is 3. The van der Waals surface area contributed by atoms with Crippen LogP contribution in [0, 0.1) is 0 Å². The molecule has 0 spiro atoms. The molecule has 0 radical (unpaired) electrons. The number of halogens is 1. The van der Waals surface area contributed by atoms with Gasteiger partial charge in [0, 0.05) is 39.8 Å². The minimum atomic E-state index is 0. The Morgan fingerprint density at radius 2 is 2.08 bits per heavy atom. The number of methoxy groups -OCH3 is 1. The second-order valence-electron chi connectivity index (χ2n) is 5.71. The van der Waals surface area contributed by atoms with Crippen LogP contribution in [0.15, 0.2) is 29.3 Å². The largest absolute Gasteiger partial charge is 0.493 e. The molecular formula is C18H30IN3O3. The van der Waals surface area contributed by atoms with Crippen LogP contribution in [0.2, 0.25) is 0 Å². The van der Waals surface area contributed by atoms with Crippen LogP contribution in [-0.2, 0) is 9.47 Å². The summed E-state index contributed by atoms with van der Waals surface area (Å²) in [4.78, 5) is 4.28. The van der Waals surface area contributed by atoms with E-state index in [1.54, 1.807) is 14.2 Å². The maximum Gasteiger partial charge on any atom is 0.190 e. The highest BCUT2D eigenvalue weighted by molar-refractivity contribution is 14.0. The predicted octanol–water partition coefficient (Wildman–Crippen LogP) is 2.39. The molecule has 0 amide bonds. The minimum absolute atomic E-state index is 0. The van der Waals surface area contributed by atoms with Crippen molar-refractivity contribution in [1.82, 2.24) is 10.6 Å². The van der Waals surface area contributed by atoms with E-state index in [2.05, 4.69) is 27.8 Å². The number of rotatable bonds is 9. The Labute approximate surface area is 167 Å². The molecule has 0 bridgehead atoms. The molecule has 1 aromatic carbocycles. The minimum Gasteiger partial charge on any atom is -0.493 e. The summed E-state index contributed by atoms with van der Waals surface area (Å²) < 4.78 is 16.1. The van der Waals surface area contributed by atoms with E-state index >= 15 is 0 Å². The molecule has 1 aliphatic heterocycles. The highest BCUT2D eigenvalue weighted by Crippen LogP contribution is 2.32. The van der Waals surface area contributed by atoms with Gasteiger partial charge in [0.1, 0.15) is 5.75 Å². The molecule has 6 nitrogen and oxygen atoms in total. The highest BCUT2D eigenvalue weighted by atomic mass is 127. The normalized spacial score (nSPS) is 16.4. The second kappa shape index (κ2) is 13.2. The third kappa shape index (κ3) is 7.79. The number of benzene rings is 1. The lowest BCUT2D eigenvalue weighted by Gasteiger charge is -2.26. The number of nitrogens with one attached hydrogen (secondary N) is 2. The fraction of sp³-hybridized carbons (Fsp3) is 0.611. The summed E-state index contributed by atoms with van der Waals surface area (Å²) in [5.41, 5.74) is 1.28. The summed E-state index contributed by atoms with van der Waals surface area (Å²) in [5.74, 6) is 2.29. The van der Waals surface area contributed by atoms with Gasteiger partial charge in [0.2, 0.25) is 0 Å². The van der Waals surface area contributed by atoms with Gasteiger partial charge in [-0.05, 0) is 24.5 Å². The lowest BCUT2D eigenvalue weighted by Crippen LogP contribution is -2.40. The molecule has 7 heteroatoms. The lowest BCUT2D eigenvalue weighted by molar-refractivity contribution is 0.0698. The third-order valence-electron chi connectivity index (χ3n) is 4.01. The van der Waals surface area contributed by atoms with Crippen LogP contribution in [-0.4, -0.2) is 59.6 Å². The molecule has 0 saturated carbocycles. The van der Waals surface area contributed by atoms with Crippen LogP contribution in [0.1, 0.15) is 24.3 Å². The highest BCUT2D eigenvalue weighted by Gasteiger charge is 2.20. The first-order valence-corrected chi connectivity index (χ1v) is 8.58. The zero-order valence-corrected chi connectivity index (χ0v) is 17.5. The van der Waals surface area contributed by atoms with E-state index in [1.807, 2.05) is 12.1 Å². The summed E-state index contributed by atoms with van der Waals surface area (Å²) in [7, 11) is 3.47. The molecule has 0 saturated heterocycles. The van der Waals surface area contributed by atoms with Crippen molar-refractivity contribution < 1.29 is 14.2 Å². The van der Waals surface area contributed by atoms with Crippen LogP contribution in [0.25, 0.3) is 0 Å². The van der Waals surface area contributed by atoms with Gasteiger partial charge in [-0.3, -0.25) is 4.99 Å². The summed E-state index contributed by atoms with van der Waals surface area (Å²) in [5, 5.41) is 6.73. The van der Waals surface area contributed by atoms with Gasteiger partial charge in [-0.1, -0.05) is 18.2 Å². The van der Waals surface area contributed by atoms with Gasteiger partial charge in [0.15, 0.2) is 5.96 Å². The molecular weight excluding hydrogens is 433 g/mol. The smallest absolute Gasteiger partial charge is 0.190 e. The number of para-hydroxylation sites is 1. The van der Waals surface area contributed by atoms with Crippen molar-refractivity contribution in [1.29, 1.82) is 0 Å². The Kier molecular flexibility index (Phi) is 11.6. The van der Waals surface area contributed by atoms with Gasteiger partial charge in [0.05, 0.1) is 19.8 Å². The van der Waals surface area contributed by atoms with E-state index in [0.717, 1.165) is 50.9 Å². The Morgan fingerprint density at radius 1 is 1.24 bits per heavy atom. The number of hydrogen-bond acceptors (Lipinski definition) is 4. The fourth-order valence-electron chi connectivity index (χ4n) is 2.69. The SMILES string of the molecule is CN=C(NCCCOCCOC)NCC1CCOc2ccccc21.I. The van der Waals surface area contributed by atoms with Crippen LogP contribution in [0.4, 0.5) is 0 Å². The monoisotopic (exact) mass is 463 g/mol. The molecule has 2 N–H and O–H groups in total. The molecule has 25 heavy (non-hydrogen) atoms. The fourth-order valence-corrected chi connectivity index (χ4v) is 2.69. The van der Waals surface area contributed by atoms with Crippen molar-refractivity contribution in [2.24, 2.45) is 4.99 Å². The molecule has 1 atom stereocenters. The predicted molar refractivity (Wildman–Crippen MR) is 111 cm³/mol. The average molecular weight is 463 g/mol. The summed E-state index contributed by atoms with van der Waals surface area (Å²) in [6.45, 7) is 4.46. The van der Waals surface area contributed by atoms with Gasteiger partial charge >= 0.3 is 0 Å². The molecule has 1 unspecified atom stereocenters. The van der Waals surface area contributed by atoms with E-state index in [1.165, 1.54) is 5.56 Å². The molecule has 142 valence electrons. The zero-order chi connectivity index (χ0) is 17.0. The molecule has 0 fully saturated rings. The average Bonchev–Trinajstić information content (AvgIpc) is 2.63. The van der Waals surface area contributed by atoms with Crippen molar-refractivity contribution in [3.63, 3.8) is 0 Å². The van der Waals surface area contributed by atoms with Gasteiger partial charge in [0.25, 0.3) is 0 Å². The molecule has 1 heterocycles. The first kappa shape index (κ1) is 22.0. The van der Waals surface area contributed by atoms with E-state index in [-0.39, 0.29) is 24.0 Å². The first-order valence-electron chi connectivity index (χ1n) is 8.58. The van der Waals surface area contributed by atoms with Gasteiger partial charge in [-0.25, -0.2) is 0 Å². The first-order chi connectivity index (χ1) is 11.8. The number of aliphatic imine (C=N–C) groups is 1. The van der Waals surface area contributed by atoms with E-state index in [4.69, 9.17) is 14.2 Å². The van der Waals surface area contributed by atoms with E-state index in [0.29, 0.717) is 19.1 Å². The number of hydrogen-bond donors (Lipinski definition) is 2. The van der Waals surface area contributed by atoms with Gasteiger partial charge < -0.3 is 24.8 Å². The Morgan fingerprint density at radius 3 is 2.88 bits per heavy atom. The van der Waals surface area contributed by atoms with E-state index in [9.17, 15) is 0 Å². The van der Waals surface area contributed by atoms with E-state index < -0.39 is 0 Å². The van der Waals surface area contributed by atoms with Gasteiger partial charge in [-0.2, -0.15) is 0 Å². The summed E-state index contributed by atoms with van der Waals surface area (Å²) in [6.07, 6.45) is 1.96. The standard InChI is InChI=1S/C18H29N3O3.HI/c1-19-18(20-9-5-10-23-13-12-22-2)21-14-15-8-11-24-17-7-4-3-6-16(15)17;/h3-4,6-7,15H,5,8-14H2,1-2H3,(H2,19,20,21);1H. The van der Waals surface area contributed by atoms with Crippen molar-refractivity contribution >= 4 is 29.9 Å². The Hall–Kier alpha value is -1.06. The van der Waals surface area contributed by atoms with Crippen LogP contribution < -0.4 is 15.4 Å². The number of fused-ring (bicyclic) bond motifs is 1. The van der Waals surface area contributed by atoms with Gasteiger partial charge in [-0.15, -0.1) is 24.0 Å². The topological polar surface area (TPSA) is 64.1 Å². The molecule has 2 rings (SSSR count). The molecule has 0 aromatic heterocycles. The maximum atomic E-state index is 5.71. The maximum absolute atomic E-state index is 5.71. The number of guanidine groups is 1. The van der Waals surface area contributed by atoms with Crippen molar-refractivity contribution in [3.05, 3.63) is 29.8 Å². The quantitative estimate of drug-likeness (QED) is 0.255. The van der Waals surface area contributed by atoms with Crippen molar-refractivity contribution in [2.75, 3.05) is 53.7 Å². The summed E-state index contributed by atoms with van der Waals surface area (Å²) in [6, 6.07) is 8.27. The molecule has 1 aliphatic rings. The zero-order valence-electron chi connectivity index (χ0n) is 15.1. The van der Waals surface area contributed by atoms with Crippen LogP contribution in [0.5, 0.6) is 5.75 Å². The summed E-state index contributed by atoms with van der Waals surface area (Å²) >= 11 is 0. The van der Waals surface area contributed by atoms with Crippen molar-refractivity contribution in [3.8, 4) is 5.75 Å². The Bertz CT molecular complexity index is 514. The lowest BCUT2D eigenvalue weighted by atomic mass is 9.93.